The minimum atomic E-state index is 0.725. The maximum atomic E-state index is 5.53. The van der Waals surface area contributed by atoms with E-state index >= 15 is 0 Å². The van der Waals surface area contributed by atoms with Crippen molar-refractivity contribution in [3.8, 4) is 0 Å². The van der Waals surface area contributed by atoms with E-state index in [0.717, 1.165) is 25.2 Å². The van der Waals surface area contributed by atoms with Crippen molar-refractivity contribution in [1.82, 2.24) is 10.2 Å². The number of hydrogen-bond acceptors (Lipinski definition) is 3. The summed E-state index contributed by atoms with van der Waals surface area (Å²) in [5.41, 5.74) is 0. The lowest BCUT2D eigenvalue weighted by Gasteiger charge is -2.31. The normalized spacial score (nSPS) is 31.9. The zero-order chi connectivity index (χ0) is 11.2. The van der Waals surface area contributed by atoms with Crippen molar-refractivity contribution in [1.29, 1.82) is 0 Å². The molecule has 3 heteroatoms. The van der Waals surface area contributed by atoms with E-state index in [4.69, 9.17) is 4.74 Å². The summed E-state index contributed by atoms with van der Waals surface area (Å²) in [7, 11) is 2.25. The Labute approximate surface area is 99.5 Å². The van der Waals surface area contributed by atoms with Gasteiger partial charge in [0, 0.05) is 25.7 Å². The molecule has 0 aliphatic carbocycles. The van der Waals surface area contributed by atoms with Crippen molar-refractivity contribution in [2.24, 2.45) is 5.92 Å². The summed E-state index contributed by atoms with van der Waals surface area (Å²) < 4.78 is 5.53. The molecule has 0 amide bonds. The topological polar surface area (TPSA) is 24.5 Å². The van der Waals surface area contributed by atoms with E-state index in [1.807, 2.05) is 0 Å². The summed E-state index contributed by atoms with van der Waals surface area (Å²) >= 11 is 0. The quantitative estimate of drug-likeness (QED) is 0.786. The van der Waals surface area contributed by atoms with Gasteiger partial charge in [-0.15, -0.1) is 0 Å². The van der Waals surface area contributed by atoms with E-state index in [2.05, 4.69) is 17.3 Å². The summed E-state index contributed by atoms with van der Waals surface area (Å²) in [6, 6.07) is 0.725. The van der Waals surface area contributed by atoms with Gasteiger partial charge >= 0.3 is 0 Å². The molecule has 2 rings (SSSR count). The Bertz CT molecular complexity index is 166. The standard InChI is InChI=1S/C13H26N2O/c1-15(9-12-5-4-8-16-11-12)10-13-6-2-3-7-14-13/h12-14H,2-11H2,1H3. The van der Waals surface area contributed by atoms with Crippen LogP contribution in [0.15, 0.2) is 0 Å². The molecule has 0 saturated carbocycles. The largest absolute Gasteiger partial charge is 0.381 e. The zero-order valence-electron chi connectivity index (χ0n) is 10.6. The fourth-order valence-electron chi connectivity index (χ4n) is 2.92. The second-order valence-corrected chi connectivity index (χ2v) is 5.45. The molecule has 2 unspecified atom stereocenters. The molecule has 2 atom stereocenters. The Kier molecular flexibility index (Phi) is 5.07. The average Bonchev–Trinajstić information content (AvgIpc) is 2.31. The third-order valence-corrected chi connectivity index (χ3v) is 3.77. The van der Waals surface area contributed by atoms with Crippen molar-refractivity contribution in [2.75, 3.05) is 39.9 Å². The predicted octanol–water partition coefficient (Wildman–Crippen LogP) is 1.49. The lowest BCUT2D eigenvalue weighted by molar-refractivity contribution is 0.0406. The molecule has 0 bridgehead atoms. The molecule has 0 aromatic carbocycles. The van der Waals surface area contributed by atoms with Crippen LogP contribution in [0, 0.1) is 5.92 Å². The van der Waals surface area contributed by atoms with Crippen LogP contribution in [-0.4, -0.2) is 50.8 Å². The van der Waals surface area contributed by atoms with Gasteiger partial charge in [0.25, 0.3) is 0 Å². The van der Waals surface area contributed by atoms with Crippen molar-refractivity contribution >= 4 is 0 Å². The third kappa shape index (κ3) is 4.04. The van der Waals surface area contributed by atoms with E-state index in [9.17, 15) is 0 Å². The smallest absolute Gasteiger partial charge is 0.0506 e. The Morgan fingerprint density at radius 2 is 2.12 bits per heavy atom. The van der Waals surface area contributed by atoms with Crippen molar-refractivity contribution in [3.05, 3.63) is 0 Å². The number of rotatable bonds is 4. The molecule has 3 nitrogen and oxygen atoms in total. The highest BCUT2D eigenvalue weighted by Gasteiger charge is 2.19. The van der Waals surface area contributed by atoms with Gasteiger partial charge in [-0.05, 0) is 45.2 Å². The molecule has 0 radical (unpaired) electrons. The maximum Gasteiger partial charge on any atom is 0.0506 e. The van der Waals surface area contributed by atoms with Crippen LogP contribution >= 0.6 is 0 Å². The molecule has 2 saturated heterocycles. The van der Waals surface area contributed by atoms with Crippen LogP contribution in [0.2, 0.25) is 0 Å². The third-order valence-electron chi connectivity index (χ3n) is 3.77. The van der Waals surface area contributed by atoms with E-state index in [1.54, 1.807) is 0 Å². The van der Waals surface area contributed by atoms with Gasteiger partial charge in [0.05, 0.1) is 6.61 Å². The molecule has 0 aromatic rings. The number of ether oxygens (including phenoxy) is 1. The Balaban J connectivity index is 1.64. The van der Waals surface area contributed by atoms with Gasteiger partial charge in [0.1, 0.15) is 0 Å². The number of nitrogens with one attached hydrogen (secondary N) is 1. The average molecular weight is 226 g/mol. The highest BCUT2D eigenvalue weighted by atomic mass is 16.5. The van der Waals surface area contributed by atoms with Crippen molar-refractivity contribution in [2.45, 2.75) is 38.1 Å². The van der Waals surface area contributed by atoms with Crippen LogP contribution < -0.4 is 5.32 Å². The summed E-state index contributed by atoms with van der Waals surface area (Å²) in [4.78, 5) is 2.49. The molecule has 16 heavy (non-hydrogen) atoms. The molecular weight excluding hydrogens is 200 g/mol. The van der Waals surface area contributed by atoms with Crippen LogP contribution in [0.1, 0.15) is 32.1 Å². The summed E-state index contributed by atoms with van der Waals surface area (Å²) in [6.07, 6.45) is 6.71. The SMILES string of the molecule is CN(CC1CCCOC1)CC1CCCCN1. The van der Waals surface area contributed by atoms with Gasteiger partial charge < -0.3 is 15.0 Å². The van der Waals surface area contributed by atoms with E-state index in [0.29, 0.717) is 0 Å². The zero-order valence-corrected chi connectivity index (χ0v) is 10.6. The first-order valence-electron chi connectivity index (χ1n) is 6.84. The van der Waals surface area contributed by atoms with Gasteiger partial charge in [-0.3, -0.25) is 0 Å². The van der Waals surface area contributed by atoms with Gasteiger partial charge in [-0.25, -0.2) is 0 Å². The lowest BCUT2D eigenvalue weighted by atomic mass is 10.0. The van der Waals surface area contributed by atoms with Crippen LogP contribution in [0.5, 0.6) is 0 Å². The molecule has 2 fully saturated rings. The highest BCUT2D eigenvalue weighted by Crippen LogP contribution is 2.15. The minimum absolute atomic E-state index is 0.725. The second kappa shape index (κ2) is 6.58. The van der Waals surface area contributed by atoms with Gasteiger partial charge in [0.15, 0.2) is 0 Å². The first-order valence-corrected chi connectivity index (χ1v) is 6.84. The minimum Gasteiger partial charge on any atom is -0.381 e. The molecule has 94 valence electrons. The van der Waals surface area contributed by atoms with Crippen molar-refractivity contribution in [3.63, 3.8) is 0 Å². The maximum absolute atomic E-state index is 5.53. The monoisotopic (exact) mass is 226 g/mol. The van der Waals surface area contributed by atoms with Gasteiger partial charge in [-0.1, -0.05) is 6.42 Å². The highest BCUT2D eigenvalue weighted by molar-refractivity contribution is 4.76. The Morgan fingerprint density at radius 1 is 1.19 bits per heavy atom. The van der Waals surface area contributed by atoms with Gasteiger partial charge in [0.2, 0.25) is 0 Å². The second-order valence-electron chi connectivity index (χ2n) is 5.45. The first-order chi connectivity index (χ1) is 7.84. The number of piperidine rings is 1. The van der Waals surface area contributed by atoms with E-state index in [1.165, 1.54) is 51.7 Å². The lowest BCUT2D eigenvalue weighted by Crippen LogP contribution is -2.44. The molecule has 2 heterocycles. The summed E-state index contributed by atoms with van der Waals surface area (Å²) in [5.74, 6) is 0.766. The summed E-state index contributed by atoms with van der Waals surface area (Å²) in [5, 5.41) is 3.61. The van der Waals surface area contributed by atoms with Crippen LogP contribution in [0.3, 0.4) is 0 Å². The molecule has 1 N–H and O–H groups in total. The predicted molar refractivity (Wildman–Crippen MR) is 66.7 cm³/mol. The fourth-order valence-corrected chi connectivity index (χ4v) is 2.92. The number of likely N-dealkylation sites (N-methyl/N-ethyl adjacent to an activating group) is 1. The molecule has 0 aromatic heterocycles. The van der Waals surface area contributed by atoms with E-state index < -0.39 is 0 Å². The Morgan fingerprint density at radius 3 is 2.81 bits per heavy atom. The van der Waals surface area contributed by atoms with Crippen LogP contribution in [0.4, 0.5) is 0 Å². The fraction of sp³-hybridized carbons (Fsp3) is 1.00. The molecule has 2 aliphatic rings. The Hall–Kier alpha value is -0.120. The van der Waals surface area contributed by atoms with Crippen molar-refractivity contribution < 1.29 is 4.74 Å². The first kappa shape index (κ1) is 12.3. The molecule has 2 aliphatic heterocycles. The number of nitrogens with zero attached hydrogens (tertiary/aromatic N) is 1. The number of hydrogen-bond donors (Lipinski definition) is 1. The molecule has 0 spiro atoms. The summed E-state index contributed by atoms with van der Waals surface area (Å²) in [6.45, 7) is 5.58. The molecular formula is C13H26N2O. The van der Waals surface area contributed by atoms with Crippen LogP contribution in [-0.2, 0) is 4.74 Å². The van der Waals surface area contributed by atoms with E-state index in [-0.39, 0.29) is 0 Å². The van der Waals surface area contributed by atoms with Crippen LogP contribution in [0.25, 0.3) is 0 Å². The van der Waals surface area contributed by atoms with Gasteiger partial charge in [-0.2, -0.15) is 0 Å².